The van der Waals surface area contributed by atoms with E-state index in [0.717, 1.165) is 12.8 Å². The van der Waals surface area contributed by atoms with Crippen LogP contribution in [0.2, 0.25) is 10.7 Å². The van der Waals surface area contributed by atoms with Crippen LogP contribution < -0.4 is 0 Å². The molecule has 0 aliphatic carbocycles. The molecule has 0 unspecified atom stereocenters. The van der Waals surface area contributed by atoms with E-state index in [1.54, 1.807) is 0 Å². The van der Waals surface area contributed by atoms with E-state index >= 15 is 0 Å². The summed E-state index contributed by atoms with van der Waals surface area (Å²) in [5.74, 6) is 0. The van der Waals surface area contributed by atoms with Crippen molar-refractivity contribution in [2.75, 3.05) is 0 Å². The van der Waals surface area contributed by atoms with Gasteiger partial charge in [0.25, 0.3) is 6.69 Å². The summed E-state index contributed by atoms with van der Waals surface area (Å²) in [7, 11) is 0. The third-order valence-electron chi connectivity index (χ3n) is 2.78. The second-order valence-corrected chi connectivity index (χ2v) is 22.1. The summed E-state index contributed by atoms with van der Waals surface area (Å²) in [5, 5.41) is 0.00526. The van der Waals surface area contributed by atoms with Crippen molar-refractivity contribution in [3.8, 4) is 0 Å². The molecule has 1 saturated heterocycles. The Labute approximate surface area is 117 Å². The molecular formula is C8H15Cl5Si2. The van der Waals surface area contributed by atoms with Gasteiger partial charge in [-0.2, -0.15) is 0 Å². The van der Waals surface area contributed by atoms with E-state index in [1.165, 1.54) is 0 Å². The molecule has 1 aliphatic heterocycles. The van der Waals surface area contributed by atoms with E-state index in [9.17, 15) is 0 Å². The highest BCUT2D eigenvalue weighted by Crippen LogP contribution is 2.65. The molecule has 2 atom stereocenters. The molecule has 15 heavy (non-hydrogen) atoms. The van der Waals surface area contributed by atoms with Gasteiger partial charge in [-0.15, -0.1) is 55.4 Å². The monoisotopic (exact) mass is 342 g/mol. The van der Waals surface area contributed by atoms with E-state index in [-0.39, 0.29) is 10.6 Å². The van der Waals surface area contributed by atoms with Gasteiger partial charge in [-0.3, -0.25) is 0 Å². The van der Waals surface area contributed by atoms with Gasteiger partial charge in [-0.1, -0.05) is 20.8 Å². The van der Waals surface area contributed by atoms with Crippen LogP contribution in [0.25, 0.3) is 0 Å². The zero-order valence-corrected chi connectivity index (χ0v) is 14.7. The van der Waals surface area contributed by atoms with Gasteiger partial charge in [0, 0.05) is 5.16 Å². The van der Waals surface area contributed by atoms with Gasteiger partial charge in [0.1, 0.15) is 0 Å². The smallest absolute Gasteiger partial charge is 0.145 e. The van der Waals surface area contributed by atoms with Crippen molar-refractivity contribution >= 4 is 68.1 Å². The van der Waals surface area contributed by atoms with Crippen LogP contribution in [0, 0.1) is 5.41 Å². The molecule has 0 aromatic rings. The van der Waals surface area contributed by atoms with Crippen LogP contribution in [0.1, 0.15) is 33.6 Å². The van der Waals surface area contributed by atoms with Gasteiger partial charge in [-0.25, -0.2) is 0 Å². The van der Waals surface area contributed by atoms with Gasteiger partial charge < -0.3 is 0 Å². The molecule has 1 aliphatic rings. The SMILES string of the molecule is CC(C)(C)C[C@@H]1C[C@@H]([Si](Cl)(Cl)Cl)[Si]1(Cl)Cl. The second-order valence-electron chi connectivity index (χ2n) is 5.47. The Morgan fingerprint density at radius 3 is 1.93 bits per heavy atom. The molecule has 0 radical (unpaired) electrons. The quantitative estimate of drug-likeness (QED) is 0.446. The van der Waals surface area contributed by atoms with Crippen LogP contribution in [-0.2, 0) is 0 Å². The maximum absolute atomic E-state index is 6.41. The topological polar surface area (TPSA) is 0 Å². The molecule has 0 saturated carbocycles. The summed E-state index contributed by atoms with van der Waals surface area (Å²) in [6.07, 6.45) is 1.93. The van der Waals surface area contributed by atoms with E-state index in [2.05, 4.69) is 20.8 Å². The zero-order chi connectivity index (χ0) is 12.1. The maximum atomic E-state index is 6.41. The minimum absolute atomic E-state index is 0.00526. The summed E-state index contributed by atoms with van der Waals surface area (Å²) in [4.78, 5) is 0. The molecule has 1 fully saturated rings. The molecular weight excluding hydrogens is 330 g/mol. The van der Waals surface area contributed by atoms with Crippen molar-refractivity contribution in [1.29, 1.82) is 0 Å². The summed E-state index contributed by atoms with van der Waals surface area (Å²) in [5.41, 5.74) is 0.626. The van der Waals surface area contributed by atoms with Crippen molar-refractivity contribution in [3.63, 3.8) is 0 Å². The Morgan fingerprint density at radius 1 is 1.20 bits per heavy atom. The van der Waals surface area contributed by atoms with Crippen molar-refractivity contribution < 1.29 is 0 Å². The maximum Gasteiger partial charge on any atom is 0.344 e. The summed E-state index contributed by atoms with van der Waals surface area (Å²) in [6.45, 7) is 4.21. The minimum atomic E-state index is -2.71. The molecule has 0 amide bonds. The lowest BCUT2D eigenvalue weighted by atomic mass is 9.89. The minimum Gasteiger partial charge on any atom is -0.145 e. The first-order chi connectivity index (χ1) is 6.44. The van der Waals surface area contributed by atoms with E-state index in [1.807, 2.05) is 0 Å². The molecule has 90 valence electrons. The molecule has 1 rings (SSSR count). The highest BCUT2D eigenvalue weighted by atomic mass is 35.8. The first-order valence-corrected chi connectivity index (χ1v) is 14.2. The van der Waals surface area contributed by atoms with E-state index in [4.69, 9.17) is 55.4 Å². The molecule has 1 heterocycles. The lowest BCUT2D eigenvalue weighted by Crippen LogP contribution is -2.52. The van der Waals surface area contributed by atoms with Crippen LogP contribution in [0.15, 0.2) is 0 Å². The Morgan fingerprint density at radius 2 is 1.67 bits per heavy atom. The van der Waals surface area contributed by atoms with Crippen LogP contribution in [0.4, 0.5) is 0 Å². The van der Waals surface area contributed by atoms with E-state index in [0.29, 0.717) is 5.54 Å². The van der Waals surface area contributed by atoms with Crippen LogP contribution in [-0.4, -0.2) is 12.7 Å². The Hall–Kier alpha value is 1.88. The summed E-state index contributed by atoms with van der Waals surface area (Å²) >= 11 is 30.8. The number of hydrogen-bond acceptors (Lipinski definition) is 0. The highest BCUT2D eigenvalue weighted by molar-refractivity contribution is 7.70. The Bertz CT molecular complexity index is 242. The van der Waals surface area contributed by atoms with Crippen molar-refractivity contribution in [2.24, 2.45) is 5.41 Å². The Balaban J connectivity index is 2.64. The third kappa shape index (κ3) is 3.67. The van der Waals surface area contributed by atoms with Gasteiger partial charge in [0.15, 0.2) is 0 Å². The normalized spacial score (nSPS) is 31.2. The highest BCUT2D eigenvalue weighted by Gasteiger charge is 2.64. The lowest BCUT2D eigenvalue weighted by Gasteiger charge is -2.49. The predicted octanol–water partition coefficient (Wildman–Crippen LogP) is 5.68. The van der Waals surface area contributed by atoms with Crippen LogP contribution >= 0.6 is 55.4 Å². The van der Waals surface area contributed by atoms with Crippen molar-refractivity contribution in [2.45, 2.75) is 44.3 Å². The molecule has 7 heteroatoms. The van der Waals surface area contributed by atoms with Crippen molar-refractivity contribution in [1.82, 2.24) is 0 Å². The fraction of sp³-hybridized carbons (Fsp3) is 1.00. The molecule has 0 bridgehead atoms. The number of rotatable bonds is 2. The van der Waals surface area contributed by atoms with Gasteiger partial charge >= 0.3 is 6.00 Å². The Kier molecular flexibility index (Phi) is 4.51. The molecule has 0 aromatic heterocycles. The summed E-state index contributed by atoms with van der Waals surface area (Å²) < 4.78 is 0. The van der Waals surface area contributed by atoms with Crippen molar-refractivity contribution in [3.05, 3.63) is 0 Å². The average Bonchev–Trinajstić information content (AvgIpc) is 1.93. The van der Waals surface area contributed by atoms with Crippen LogP contribution in [0.3, 0.4) is 0 Å². The number of hydrogen-bond donors (Lipinski definition) is 0. The first kappa shape index (κ1) is 14.9. The molecule has 0 N–H and O–H groups in total. The molecule has 0 nitrogen and oxygen atoms in total. The second kappa shape index (κ2) is 4.53. The van der Waals surface area contributed by atoms with Gasteiger partial charge in [-0.05, 0) is 23.8 Å². The lowest BCUT2D eigenvalue weighted by molar-refractivity contribution is 0.348. The largest absolute Gasteiger partial charge is 0.344 e. The number of halogens is 5. The van der Waals surface area contributed by atoms with Crippen LogP contribution in [0.5, 0.6) is 0 Å². The van der Waals surface area contributed by atoms with E-state index < -0.39 is 12.7 Å². The van der Waals surface area contributed by atoms with Gasteiger partial charge in [0.05, 0.1) is 0 Å². The standard InChI is InChI=1S/C8H15Cl5Si2/c1-8(2,3)5-6-4-7(14(6,9)10)15(11,12)13/h6-7H,4-5H2,1-3H3/t6-,7+/m0/s1. The fourth-order valence-electron chi connectivity index (χ4n) is 2.03. The fourth-order valence-corrected chi connectivity index (χ4v) is 20.4. The molecule has 0 spiro atoms. The van der Waals surface area contributed by atoms with Gasteiger partial charge in [0.2, 0.25) is 0 Å². The molecule has 0 aromatic carbocycles. The predicted molar refractivity (Wildman–Crippen MR) is 77.0 cm³/mol. The average molecular weight is 345 g/mol. The summed E-state index contributed by atoms with van der Waals surface area (Å²) in [6, 6.07) is -2.71. The third-order valence-corrected chi connectivity index (χ3v) is 17.7. The first-order valence-electron chi connectivity index (χ1n) is 4.89. The zero-order valence-electron chi connectivity index (χ0n) is 8.96.